The Balaban J connectivity index is 2.50. The summed E-state index contributed by atoms with van der Waals surface area (Å²) in [7, 11) is 1.72. The van der Waals surface area contributed by atoms with Crippen LogP contribution in [0.4, 0.5) is 0 Å². The third kappa shape index (κ3) is 5.55. The van der Waals surface area contributed by atoms with Crippen molar-refractivity contribution in [2.45, 2.75) is 25.9 Å². The van der Waals surface area contributed by atoms with Gasteiger partial charge >= 0.3 is 0 Å². The van der Waals surface area contributed by atoms with Crippen LogP contribution in [0.3, 0.4) is 0 Å². The van der Waals surface area contributed by atoms with Crippen LogP contribution in [0.15, 0.2) is 11.7 Å². The Bertz CT molecular complexity index is 282. The third-order valence-corrected chi connectivity index (χ3v) is 2.87. The molecule has 0 aliphatic rings. The van der Waals surface area contributed by atoms with Crippen LogP contribution in [0.1, 0.15) is 18.7 Å². The zero-order valence-electron chi connectivity index (χ0n) is 10.3. The highest BCUT2D eigenvalue weighted by Gasteiger charge is 2.17. The fraction of sp³-hybridized carbons (Fsp3) is 0.727. The van der Waals surface area contributed by atoms with E-state index in [-0.39, 0.29) is 5.54 Å². The van der Waals surface area contributed by atoms with E-state index < -0.39 is 0 Å². The summed E-state index contributed by atoms with van der Waals surface area (Å²) in [5.41, 5.74) is 7.72. The van der Waals surface area contributed by atoms with E-state index in [0.29, 0.717) is 0 Å². The summed E-state index contributed by atoms with van der Waals surface area (Å²) in [5, 5.41) is 0. The standard InChI is InChI=1S/C11H21N3OS/c1-11(2,12)8-14(4-5-15-3)7-10-6-13-9-16-10/h6,9H,4-5,7-8,12H2,1-3H3. The lowest BCUT2D eigenvalue weighted by molar-refractivity contribution is 0.131. The van der Waals surface area contributed by atoms with E-state index >= 15 is 0 Å². The largest absolute Gasteiger partial charge is 0.383 e. The van der Waals surface area contributed by atoms with Crippen molar-refractivity contribution in [3.8, 4) is 0 Å². The van der Waals surface area contributed by atoms with Crippen molar-refractivity contribution in [3.63, 3.8) is 0 Å². The first-order valence-electron chi connectivity index (χ1n) is 5.39. The van der Waals surface area contributed by atoms with Crippen LogP contribution in [0.5, 0.6) is 0 Å². The number of hydrogen-bond donors (Lipinski definition) is 1. The van der Waals surface area contributed by atoms with Gasteiger partial charge in [0.2, 0.25) is 0 Å². The normalized spacial score (nSPS) is 12.3. The molecule has 16 heavy (non-hydrogen) atoms. The molecular weight excluding hydrogens is 222 g/mol. The van der Waals surface area contributed by atoms with Gasteiger partial charge in [-0.15, -0.1) is 11.3 Å². The second-order valence-electron chi connectivity index (χ2n) is 4.66. The molecule has 4 nitrogen and oxygen atoms in total. The number of nitrogens with zero attached hydrogens (tertiary/aromatic N) is 2. The molecule has 0 fully saturated rings. The SMILES string of the molecule is COCCN(Cc1cncs1)CC(C)(C)N. The van der Waals surface area contributed by atoms with E-state index in [1.807, 2.05) is 25.6 Å². The van der Waals surface area contributed by atoms with Crippen molar-refractivity contribution in [2.75, 3.05) is 26.8 Å². The molecule has 0 aromatic carbocycles. The topological polar surface area (TPSA) is 51.4 Å². The van der Waals surface area contributed by atoms with E-state index in [4.69, 9.17) is 10.5 Å². The second kappa shape index (κ2) is 6.30. The van der Waals surface area contributed by atoms with Crippen molar-refractivity contribution in [2.24, 2.45) is 5.73 Å². The van der Waals surface area contributed by atoms with Gasteiger partial charge < -0.3 is 10.5 Å². The minimum Gasteiger partial charge on any atom is -0.383 e. The van der Waals surface area contributed by atoms with Gasteiger partial charge in [0, 0.05) is 43.4 Å². The molecule has 0 aliphatic heterocycles. The van der Waals surface area contributed by atoms with E-state index in [1.54, 1.807) is 18.4 Å². The van der Waals surface area contributed by atoms with Gasteiger partial charge in [0.25, 0.3) is 0 Å². The Morgan fingerprint density at radius 1 is 1.56 bits per heavy atom. The van der Waals surface area contributed by atoms with Gasteiger partial charge in [0.1, 0.15) is 0 Å². The molecule has 0 aliphatic carbocycles. The van der Waals surface area contributed by atoms with Crippen molar-refractivity contribution >= 4 is 11.3 Å². The molecular formula is C11H21N3OS. The van der Waals surface area contributed by atoms with E-state index in [1.165, 1.54) is 4.88 Å². The van der Waals surface area contributed by atoms with Crippen molar-refractivity contribution < 1.29 is 4.74 Å². The van der Waals surface area contributed by atoms with Crippen LogP contribution >= 0.6 is 11.3 Å². The maximum atomic E-state index is 6.04. The minimum absolute atomic E-state index is 0.182. The first-order valence-corrected chi connectivity index (χ1v) is 6.27. The van der Waals surface area contributed by atoms with Crippen LogP contribution in [0.25, 0.3) is 0 Å². The zero-order valence-corrected chi connectivity index (χ0v) is 11.1. The van der Waals surface area contributed by atoms with E-state index in [2.05, 4.69) is 9.88 Å². The summed E-state index contributed by atoms with van der Waals surface area (Å²) in [6, 6.07) is 0. The maximum absolute atomic E-state index is 6.04. The van der Waals surface area contributed by atoms with Crippen LogP contribution in [0.2, 0.25) is 0 Å². The molecule has 0 saturated carbocycles. The van der Waals surface area contributed by atoms with Crippen LogP contribution < -0.4 is 5.73 Å². The average Bonchev–Trinajstić information content (AvgIpc) is 2.64. The van der Waals surface area contributed by atoms with E-state index in [9.17, 15) is 0 Å². The fourth-order valence-corrected chi connectivity index (χ4v) is 2.19. The number of aromatic nitrogens is 1. The lowest BCUT2D eigenvalue weighted by Crippen LogP contribution is -2.45. The van der Waals surface area contributed by atoms with Gasteiger partial charge in [-0.25, -0.2) is 0 Å². The van der Waals surface area contributed by atoms with Crippen LogP contribution in [0, 0.1) is 0 Å². The monoisotopic (exact) mass is 243 g/mol. The maximum Gasteiger partial charge on any atom is 0.0794 e. The van der Waals surface area contributed by atoms with Gasteiger partial charge in [-0.1, -0.05) is 0 Å². The van der Waals surface area contributed by atoms with Gasteiger partial charge in [-0.2, -0.15) is 0 Å². The number of nitrogens with two attached hydrogens (primary N) is 1. The van der Waals surface area contributed by atoms with Gasteiger partial charge in [0.05, 0.1) is 12.1 Å². The van der Waals surface area contributed by atoms with Crippen molar-refractivity contribution in [1.29, 1.82) is 0 Å². The van der Waals surface area contributed by atoms with Gasteiger partial charge in [-0.3, -0.25) is 9.88 Å². The number of thiazole rings is 1. The molecule has 1 rings (SSSR count). The van der Waals surface area contributed by atoms with Gasteiger partial charge in [0.15, 0.2) is 0 Å². The summed E-state index contributed by atoms with van der Waals surface area (Å²) >= 11 is 1.68. The lowest BCUT2D eigenvalue weighted by Gasteiger charge is -2.29. The van der Waals surface area contributed by atoms with Crippen molar-refractivity contribution in [1.82, 2.24) is 9.88 Å². The molecule has 0 saturated heterocycles. The molecule has 0 spiro atoms. The number of hydrogen-bond acceptors (Lipinski definition) is 5. The summed E-state index contributed by atoms with van der Waals surface area (Å²) in [4.78, 5) is 7.65. The summed E-state index contributed by atoms with van der Waals surface area (Å²) in [5.74, 6) is 0. The molecule has 0 atom stereocenters. The van der Waals surface area contributed by atoms with Crippen LogP contribution in [-0.2, 0) is 11.3 Å². The quantitative estimate of drug-likeness (QED) is 0.785. The number of ether oxygens (including phenoxy) is 1. The Kier molecular flexibility index (Phi) is 5.34. The molecule has 0 unspecified atom stereocenters. The summed E-state index contributed by atoms with van der Waals surface area (Å²) < 4.78 is 5.11. The Morgan fingerprint density at radius 3 is 2.81 bits per heavy atom. The van der Waals surface area contributed by atoms with Gasteiger partial charge in [-0.05, 0) is 13.8 Å². The molecule has 92 valence electrons. The predicted octanol–water partition coefficient (Wildman–Crippen LogP) is 1.33. The number of rotatable bonds is 7. The zero-order chi connectivity index (χ0) is 12.0. The first kappa shape index (κ1) is 13.6. The molecule has 2 N–H and O–H groups in total. The number of methoxy groups -OCH3 is 1. The van der Waals surface area contributed by atoms with Crippen molar-refractivity contribution in [3.05, 3.63) is 16.6 Å². The second-order valence-corrected chi connectivity index (χ2v) is 5.63. The highest BCUT2D eigenvalue weighted by Crippen LogP contribution is 2.11. The average molecular weight is 243 g/mol. The summed E-state index contributed by atoms with van der Waals surface area (Å²) in [6.45, 7) is 7.46. The first-order chi connectivity index (χ1) is 7.51. The molecule has 0 radical (unpaired) electrons. The molecule has 1 aromatic heterocycles. The molecule has 0 bridgehead atoms. The molecule has 1 heterocycles. The van der Waals surface area contributed by atoms with E-state index in [0.717, 1.165) is 26.2 Å². The lowest BCUT2D eigenvalue weighted by atomic mass is 10.1. The predicted molar refractivity (Wildman–Crippen MR) is 67.5 cm³/mol. The molecule has 5 heteroatoms. The minimum atomic E-state index is -0.182. The third-order valence-electron chi connectivity index (χ3n) is 2.11. The van der Waals surface area contributed by atoms with Crippen LogP contribution in [-0.4, -0.2) is 42.2 Å². The molecule has 0 amide bonds. The Morgan fingerprint density at radius 2 is 2.31 bits per heavy atom. The fourth-order valence-electron chi connectivity index (χ4n) is 1.55. The Hall–Kier alpha value is -0.490. The molecule has 1 aromatic rings. The summed E-state index contributed by atoms with van der Waals surface area (Å²) in [6.07, 6.45) is 1.91. The Labute approximate surface area is 101 Å². The highest BCUT2D eigenvalue weighted by molar-refractivity contribution is 7.09. The smallest absolute Gasteiger partial charge is 0.0794 e. The highest BCUT2D eigenvalue weighted by atomic mass is 32.1.